The first kappa shape index (κ1) is 15.6. The van der Waals surface area contributed by atoms with Crippen LogP contribution in [0.4, 0.5) is 0 Å². The largest absolute Gasteiger partial charge is 0.468 e. The van der Waals surface area contributed by atoms with Crippen molar-refractivity contribution in [1.82, 2.24) is 4.90 Å². The molecule has 0 bridgehead atoms. The summed E-state index contributed by atoms with van der Waals surface area (Å²) >= 11 is 0. The first-order chi connectivity index (χ1) is 10.2. The molecule has 0 saturated carbocycles. The van der Waals surface area contributed by atoms with Crippen molar-refractivity contribution in [3.05, 3.63) is 53.9 Å². The zero-order valence-corrected chi connectivity index (χ0v) is 12.7. The first-order valence-corrected chi connectivity index (χ1v) is 7.31. The Bertz CT molecular complexity index is 524. The molecule has 0 aromatic carbocycles. The molecule has 2 rings (SSSR count). The lowest BCUT2D eigenvalue weighted by molar-refractivity contribution is 0.115. The summed E-state index contributed by atoms with van der Waals surface area (Å²) in [5.74, 6) is 1.76. The highest BCUT2D eigenvalue weighted by molar-refractivity contribution is 5.46. The Labute approximate surface area is 125 Å². The minimum Gasteiger partial charge on any atom is -0.468 e. The maximum Gasteiger partial charge on any atom is 0.126 e. The average Bonchev–Trinajstić information content (AvgIpc) is 3.13. The average molecular weight is 289 g/mol. The van der Waals surface area contributed by atoms with Gasteiger partial charge < -0.3 is 13.9 Å². The van der Waals surface area contributed by atoms with Gasteiger partial charge in [-0.2, -0.15) is 0 Å². The van der Waals surface area contributed by atoms with Crippen LogP contribution in [0.1, 0.15) is 31.8 Å². The summed E-state index contributed by atoms with van der Waals surface area (Å²) in [6.45, 7) is 5.75. The first-order valence-electron chi connectivity index (χ1n) is 7.31. The van der Waals surface area contributed by atoms with E-state index in [2.05, 4.69) is 18.7 Å². The Hall–Kier alpha value is -1.78. The van der Waals surface area contributed by atoms with E-state index in [0.717, 1.165) is 24.5 Å². The minimum atomic E-state index is 0.120. The van der Waals surface area contributed by atoms with Crippen molar-refractivity contribution in [3.63, 3.8) is 0 Å². The van der Waals surface area contributed by atoms with Gasteiger partial charge in [0.1, 0.15) is 11.5 Å². The van der Waals surface area contributed by atoms with Gasteiger partial charge in [-0.15, -0.1) is 0 Å². The highest BCUT2D eigenvalue weighted by Gasteiger charge is 2.17. The Balaban J connectivity index is 2.07. The van der Waals surface area contributed by atoms with Gasteiger partial charge in [0, 0.05) is 12.6 Å². The van der Waals surface area contributed by atoms with E-state index in [-0.39, 0.29) is 12.6 Å². The van der Waals surface area contributed by atoms with E-state index in [1.54, 1.807) is 12.5 Å². The van der Waals surface area contributed by atoms with Crippen molar-refractivity contribution in [2.45, 2.75) is 32.9 Å². The van der Waals surface area contributed by atoms with E-state index in [9.17, 15) is 5.11 Å². The number of hydrogen-bond acceptors (Lipinski definition) is 4. The lowest BCUT2D eigenvalue weighted by Crippen LogP contribution is -2.38. The molecule has 4 nitrogen and oxygen atoms in total. The van der Waals surface area contributed by atoms with Crippen LogP contribution in [0.15, 0.2) is 51.2 Å². The Morgan fingerprint density at radius 3 is 2.62 bits per heavy atom. The van der Waals surface area contributed by atoms with Crippen LogP contribution in [0, 0.1) is 0 Å². The van der Waals surface area contributed by atoms with Crippen LogP contribution in [0.3, 0.4) is 0 Å². The molecule has 0 spiro atoms. The summed E-state index contributed by atoms with van der Waals surface area (Å²) in [6.07, 6.45) is 6.27. The van der Waals surface area contributed by atoms with Gasteiger partial charge in [-0.1, -0.05) is 12.5 Å². The molecule has 4 heteroatoms. The second-order valence-electron chi connectivity index (χ2n) is 5.24. The maximum atomic E-state index is 9.58. The van der Waals surface area contributed by atoms with Crippen molar-refractivity contribution < 1.29 is 13.9 Å². The smallest absolute Gasteiger partial charge is 0.126 e. The number of rotatable bonds is 8. The van der Waals surface area contributed by atoms with Gasteiger partial charge in [0.15, 0.2) is 0 Å². The second kappa shape index (κ2) is 7.86. The molecule has 2 heterocycles. The van der Waals surface area contributed by atoms with Crippen LogP contribution in [0.2, 0.25) is 0 Å². The number of hydrogen-bond donors (Lipinski definition) is 1. The standard InChI is InChI=1S/C17H23NO3/c1-3-15(13-19)18(12-17-7-5-9-21-17)11-14(2)10-16-6-4-8-20-16/h4-10,15,19H,3,11-13H2,1-2H3/b14-10+/t15-/m1/s1. The van der Waals surface area contributed by atoms with Gasteiger partial charge in [0.2, 0.25) is 0 Å². The quantitative estimate of drug-likeness (QED) is 0.807. The summed E-state index contributed by atoms with van der Waals surface area (Å²) in [6, 6.07) is 7.78. The van der Waals surface area contributed by atoms with Crippen LogP contribution in [-0.4, -0.2) is 29.2 Å². The molecule has 0 aliphatic rings. The second-order valence-corrected chi connectivity index (χ2v) is 5.24. The summed E-state index contributed by atoms with van der Waals surface area (Å²) < 4.78 is 10.8. The highest BCUT2D eigenvalue weighted by atomic mass is 16.3. The molecule has 0 radical (unpaired) electrons. The highest BCUT2D eigenvalue weighted by Crippen LogP contribution is 2.15. The van der Waals surface area contributed by atoms with Crippen LogP contribution < -0.4 is 0 Å². The van der Waals surface area contributed by atoms with E-state index in [1.807, 2.05) is 30.3 Å². The van der Waals surface area contributed by atoms with Gasteiger partial charge in [0.05, 0.1) is 25.7 Å². The van der Waals surface area contributed by atoms with Crippen molar-refractivity contribution in [3.8, 4) is 0 Å². The zero-order valence-electron chi connectivity index (χ0n) is 12.7. The SMILES string of the molecule is CC[C@H](CO)N(C/C(C)=C/c1ccco1)Cc1ccco1. The Morgan fingerprint density at radius 1 is 1.29 bits per heavy atom. The molecule has 0 amide bonds. The van der Waals surface area contributed by atoms with Crippen LogP contribution in [0.5, 0.6) is 0 Å². The van der Waals surface area contributed by atoms with Gasteiger partial charge in [-0.25, -0.2) is 0 Å². The number of furan rings is 2. The molecule has 0 aliphatic carbocycles. The normalized spacial score (nSPS) is 13.8. The van der Waals surface area contributed by atoms with E-state index < -0.39 is 0 Å². The van der Waals surface area contributed by atoms with Crippen LogP contribution >= 0.6 is 0 Å². The van der Waals surface area contributed by atoms with Crippen molar-refractivity contribution >= 4 is 6.08 Å². The molecule has 21 heavy (non-hydrogen) atoms. The third-order valence-corrected chi connectivity index (χ3v) is 3.52. The van der Waals surface area contributed by atoms with Crippen LogP contribution in [0.25, 0.3) is 6.08 Å². The summed E-state index contributed by atoms with van der Waals surface area (Å²) in [5.41, 5.74) is 1.18. The number of aliphatic hydroxyl groups excluding tert-OH is 1. The lowest BCUT2D eigenvalue weighted by atomic mass is 10.1. The predicted molar refractivity (Wildman–Crippen MR) is 82.6 cm³/mol. The molecule has 0 fully saturated rings. The molecule has 2 aromatic rings. The molecule has 0 unspecified atom stereocenters. The maximum absolute atomic E-state index is 9.58. The molecule has 0 aliphatic heterocycles. The predicted octanol–water partition coefficient (Wildman–Crippen LogP) is 3.55. The van der Waals surface area contributed by atoms with E-state index in [0.29, 0.717) is 6.54 Å². The van der Waals surface area contributed by atoms with Crippen molar-refractivity contribution in [2.24, 2.45) is 0 Å². The third kappa shape index (κ3) is 4.62. The van der Waals surface area contributed by atoms with Gasteiger partial charge in [0.25, 0.3) is 0 Å². The zero-order chi connectivity index (χ0) is 15.1. The Kier molecular flexibility index (Phi) is 5.84. The summed E-state index contributed by atoms with van der Waals surface area (Å²) in [4.78, 5) is 2.23. The fraction of sp³-hybridized carbons (Fsp3) is 0.412. The molecular weight excluding hydrogens is 266 g/mol. The van der Waals surface area contributed by atoms with Gasteiger partial charge in [-0.05, 0) is 43.7 Å². The molecule has 1 atom stereocenters. The van der Waals surface area contributed by atoms with E-state index >= 15 is 0 Å². The molecule has 1 N–H and O–H groups in total. The lowest BCUT2D eigenvalue weighted by Gasteiger charge is -2.29. The monoisotopic (exact) mass is 289 g/mol. The summed E-state index contributed by atoms with van der Waals surface area (Å²) in [7, 11) is 0. The molecule has 114 valence electrons. The number of aliphatic hydroxyl groups is 1. The fourth-order valence-electron chi connectivity index (χ4n) is 2.40. The van der Waals surface area contributed by atoms with Gasteiger partial charge in [-0.3, -0.25) is 4.90 Å². The minimum absolute atomic E-state index is 0.120. The van der Waals surface area contributed by atoms with Crippen molar-refractivity contribution in [2.75, 3.05) is 13.2 Å². The topological polar surface area (TPSA) is 49.8 Å². The molecular formula is C17H23NO3. The van der Waals surface area contributed by atoms with Crippen LogP contribution in [-0.2, 0) is 6.54 Å². The summed E-state index contributed by atoms with van der Waals surface area (Å²) in [5, 5.41) is 9.58. The molecule has 0 saturated heterocycles. The van der Waals surface area contributed by atoms with Crippen molar-refractivity contribution in [1.29, 1.82) is 0 Å². The van der Waals surface area contributed by atoms with E-state index in [4.69, 9.17) is 8.83 Å². The Morgan fingerprint density at radius 2 is 2.05 bits per heavy atom. The fourth-order valence-corrected chi connectivity index (χ4v) is 2.40. The molecule has 2 aromatic heterocycles. The third-order valence-electron chi connectivity index (χ3n) is 3.52. The number of nitrogens with zero attached hydrogens (tertiary/aromatic N) is 1. The van der Waals surface area contributed by atoms with Gasteiger partial charge >= 0.3 is 0 Å². The van der Waals surface area contributed by atoms with E-state index in [1.165, 1.54) is 5.57 Å².